The van der Waals surface area contributed by atoms with Gasteiger partial charge in [-0.25, -0.2) is 15.0 Å². The van der Waals surface area contributed by atoms with Crippen molar-refractivity contribution in [3.63, 3.8) is 0 Å². The molecule has 0 spiro atoms. The van der Waals surface area contributed by atoms with Gasteiger partial charge in [-0.1, -0.05) is 146 Å². The second kappa shape index (κ2) is 12.8. The summed E-state index contributed by atoms with van der Waals surface area (Å²) in [6.45, 7) is 0. The summed E-state index contributed by atoms with van der Waals surface area (Å²) >= 11 is 0. The summed E-state index contributed by atoms with van der Waals surface area (Å²) in [6.07, 6.45) is 0. The van der Waals surface area contributed by atoms with Crippen molar-refractivity contribution < 1.29 is 8.83 Å². The van der Waals surface area contributed by atoms with E-state index in [9.17, 15) is 0 Å². The quantitative estimate of drug-likeness (QED) is 0.176. The van der Waals surface area contributed by atoms with Crippen LogP contribution in [0.2, 0.25) is 0 Å². The molecule has 0 bridgehead atoms. The summed E-state index contributed by atoms with van der Waals surface area (Å²) in [5.74, 6) is 1.75. The summed E-state index contributed by atoms with van der Waals surface area (Å²) in [6, 6.07) is 65.2. The first kappa shape index (κ1) is 32.4. The lowest BCUT2D eigenvalue weighted by Gasteiger charge is -2.11. The Morgan fingerprint density at radius 2 is 0.879 bits per heavy atom. The van der Waals surface area contributed by atoms with E-state index in [1.54, 1.807) is 0 Å². The summed E-state index contributed by atoms with van der Waals surface area (Å²) < 4.78 is 12.9. The van der Waals surface area contributed by atoms with Gasteiger partial charge in [0.05, 0.1) is 0 Å². The third-order valence-corrected chi connectivity index (χ3v) is 11.3. The third kappa shape index (κ3) is 5.29. The molecule has 270 valence electrons. The Morgan fingerprint density at radius 3 is 1.67 bits per heavy atom. The van der Waals surface area contributed by atoms with Gasteiger partial charge >= 0.3 is 0 Å². The van der Waals surface area contributed by atoms with Gasteiger partial charge in [-0.3, -0.25) is 0 Å². The maximum absolute atomic E-state index is 6.65. The Balaban J connectivity index is 1.07. The molecular weight excluding hydrogens is 711 g/mol. The number of para-hydroxylation sites is 2. The molecule has 58 heavy (non-hydrogen) atoms. The van der Waals surface area contributed by atoms with Crippen LogP contribution in [-0.4, -0.2) is 15.0 Å². The third-order valence-electron chi connectivity index (χ3n) is 11.3. The summed E-state index contributed by atoms with van der Waals surface area (Å²) in [7, 11) is 0. The van der Waals surface area contributed by atoms with Crippen LogP contribution >= 0.6 is 0 Å². The van der Waals surface area contributed by atoms with E-state index in [2.05, 4.69) is 146 Å². The van der Waals surface area contributed by atoms with E-state index in [0.29, 0.717) is 17.5 Å². The molecule has 0 radical (unpaired) electrons. The smallest absolute Gasteiger partial charge is 0.164 e. The number of fused-ring (bicyclic) bond motifs is 8. The summed E-state index contributed by atoms with van der Waals surface area (Å²) in [4.78, 5) is 15.7. The summed E-state index contributed by atoms with van der Waals surface area (Å²) in [5, 5.41) is 8.60. The first-order chi connectivity index (χ1) is 28.7. The van der Waals surface area contributed by atoms with Crippen molar-refractivity contribution in [1.29, 1.82) is 0 Å². The number of benzene rings is 9. The van der Waals surface area contributed by atoms with Crippen LogP contribution < -0.4 is 0 Å². The molecule has 0 fully saturated rings. The molecule has 5 heteroatoms. The first-order valence-electron chi connectivity index (χ1n) is 19.4. The van der Waals surface area contributed by atoms with Gasteiger partial charge in [-0.2, -0.15) is 0 Å². The van der Waals surface area contributed by atoms with E-state index in [1.165, 1.54) is 5.56 Å². The number of hydrogen-bond acceptors (Lipinski definition) is 5. The zero-order valence-electron chi connectivity index (χ0n) is 31.1. The Bertz CT molecular complexity index is 3570. The molecule has 0 atom stereocenters. The number of hydrogen-bond donors (Lipinski definition) is 0. The predicted octanol–water partition coefficient (Wildman–Crippen LogP) is 14.3. The Labute approximate surface area is 332 Å². The highest BCUT2D eigenvalue weighted by molar-refractivity contribution is 6.15. The second-order valence-corrected chi connectivity index (χ2v) is 14.8. The van der Waals surface area contributed by atoms with Crippen molar-refractivity contribution in [2.45, 2.75) is 0 Å². The van der Waals surface area contributed by atoms with Gasteiger partial charge in [-0.05, 0) is 80.7 Å². The lowest BCUT2D eigenvalue weighted by atomic mass is 9.99. The van der Waals surface area contributed by atoms with Gasteiger partial charge in [0.2, 0.25) is 0 Å². The minimum absolute atomic E-state index is 0.574. The van der Waals surface area contributed by atoms with Crippen molar-refractivity contribution >= 4 is 65.4 Å². The Morgan fingerprint density at radius 1 is 0.293 bits per heavy atom. The van der Waals surface area contributed by atoms with Crippen molar-refractivity contribution in [2.75, 3.05) is 0 Å². The molecule has 0 aliphatic rings. The second-order valence-electron chi connectivity index (χ2n) is 14.8. The monoisotopic (exact) mass is 741 g/mol. The average Bonchev–Trinajstić information content (AvgIpc) is 3.86. The molecule has 12 rings (SSSR count). The highest BCUT2D eigenvalue weighted by Crippen LogP contribution is 2.41. The van der Waals surface area contributed by atoms with Crippen LogP contribution in [0.25, 0.3) is 122 Å². The molecule has 3 aromatic heterocycles. The van der Waals surface area contributed by atoms with E-state index < -0.39 is 0 Å². The number of rotatable bonds is 5. The Hall–Kier alpha value is -7.89. The number of furan rings is 2. The van der Waals surface area contributed by atoms with E-state index in [4.69, 9.17) is 23.8 Å². The lowest BCUT2D eigenvalue weighted by molar-refractivity contribution is 0.669. The highest BCUT2D eigenvalue weighted by Gasteiger charge is 2.20. The predicted molar refractivity (Wildman–Crippen MR) is 237 cm³/mol. The molecule has 0 saturated carbocycles. The molecule has 0 N–H and O–H groups in total. The van der Waals surface area contributed by atoms with Crippen molar-refractivity contribution in [3.05, 3.63) is 188 Å². The lowest BCUT2D eigenvalue weighted by Crippen LogP contribution is -2.00. The van der Waals surface area contributed by atoms with E-state index >= 15 is 0 Å². The fourth-order valence-electron chi connectivity index (χ4n) is 8.44. The standard InChI is InChI=1S/C53H31N3O2/c1-3-11-32(12-4-1)35-23-21-33-22-25-37(28-39(33)27-35)51-54-52(38-26-24-36-30-45-42-15-7-8-19-46(42)57-48(45)31-40(36)29-38)56-53(55-51)44-18-10-20-47-49(44)43-17-9-16-41(50(43)58-47)34-13-5-2-6-14-34/h1-31H. The highest BCUT2D eigenvalue weighted by atomic mass is 16.3. The van der Waals surface area contributed by atoms with E-state index in [-0.39, 0.29) is 0 Å². The van der Waals surface area contributed by atoms with Crippen LogP contribution in [0.5, 0.6) is 0 Å². The molecule has 9 aromatic carbocycles. The first-order valence-corrected chi connectivity index (χ1v) is 19.4. The van der Waals surface area contributed by atoms with Crippen LogP contribution in [-0.2, 0) is 0 Å². The zero-order chi connectivity index (χ0) is 38.2. The van der Waals surface area contributed by atoms with Gasteiger partial charge in [0, 0.05) is 43.8 Å². The van der Waals surface area contributed by atoms with Crippen molar-refractivity contribution in [3.8, 4) is 56.4 Å². The van der Waals surface area contributed by atoms with Crippen LogP contribution in [0.1, 0.15) is 0 Å². The number of aromatic nitrogens is 3. The van der Waals surface area contributed by atoms with Gasteiger partial charge in [0.25, 0.3) is 0 Å². The van der Waals surface area contributed by atoms with Crippen LogP contribution in [0.15, 0.2) is 197 Å². The topological polar surface area (TPSA) is 65.0 Å². The maximum atomic E-state index is 6.65. The van der Waals surface area contributed by atoms with E-state index in [0.717, 1.165) is 98.8 Å². The zero-order valence-corrected chi connectivity index (χ0v) is 31.1. The summed E-state index contributed by atoms with van der Waals surface area (Å²) in [5.41, 5.74) is 10.5. The van der Waals surface area contributed by atoms with Crippen molar-refractivity contribution in [2.24, 2.45) is 0 Å². The molecule has 0 aliphatic heterocycles. The molecule has 5 nitrogen and oxygen atoms in total. The molecule has 0 aliphatic carbocycles. The fourth-order valence-corrected chi connectivity index (χ4v) is 8.44. The van der Waals surface area contributed by atoms with Crippen molar-refractivity contribution in [1.82, 2.24) is 15.0 Å². The fraction of sp³-hybridized carbons (Fsp3) is 0. The maximum Gasteiger partial charge on any atom is 0.164 e. The van der Waals surface area contributed by atoms with Gasteiger partial charge in [0.1, 0.15) is 22.3 Å². The molecule has 0 amide bonds. The normalized spacial score (nSPS) is 11.8. The minimum atomic E-state index is 0.574. The van der Waals surface area contributed by atoms with Crippen LogP contribution in [0, 0.1) is 0 Å². The van der Waals surface area contributed by atoms with Gasteiger partial charge in [0.15, 0.2) is 17.5 Å². The SMILES string of the molecule is c1ccc(-c2ccc3ccc(-c4nc(-c5ccc6cc7c(cc6c5)oc5ccccc57)nc(-c5cccc6oc7c(-c8ccccc8)cccc7c56)n4)cc3c2)cc1. The number of nitrogens with zero attached hydrogens (tertiary/aromatic N) is 3. The molecule has 0 unspecified atom stereocenters. The van der Waals surface area contributed by atoms with Gasteiger partial charge < -0.3 is 8.83 Å². The van der Waals surface area contributed by atoms with Crippen LogP contribution in [0.3, 0.4) is 0 Å². The van der Waals surface area contributed by atoms with E-state index in [1.807, 2.05) is 42.5 Å². The minimum Gasteiger partial charge on any atom is -0.456 e. The molecule has 0 saturated heterocycles. The molecule has 12 aromatic rings. The van der Waals surface area contributed by atoms with Crippen LogP contribution in [0.4, 0.5) is 0 Å². The average molecular weight is 742 g/mol. The molecular formula is C53H31N3O2. The molecule has 3 heterocycles. The Kier molecular flexibility index (Phi) is 7.16. The largest absolute Gasteiger partial charge is 0.456 e. The van der Waals surface area contributed by atoms with Gasteiger partial charge in [-0.15, -0.1) is 0 Å².